The summed E-state index contributed by atoms with van der Waals surface area (Å²) in [4.78, 5) is 13.2. The van der Waals surface area contributed by atoms with Crippen molar-refractivity contribution in [1.82, 2.24) is 4.90 Å². The molecule has 0 aromatic carbocycles. The first-order chi connectivity index (χ1) is 5.61. The molecule has 0 spiro atoms. The average Bonchev–Trinajstić information content (AvgIpc) is 2.04. The van der Waals surface area contributed by atoms with Gasteiger partial charge >= 0.3 is 0 Å². The van der Waals surface area contributed by atoms with Gasteiger partial charge in [-0.2, -0.15) is 0 Å². The molecule has 0 aliphatic carbocycles. The van der Waals surface area contributed by atoms with Gasteiger partial charge in [0.2, 0.25) is 5.91 Å². The van der Waals surface area contributed by atoms with Gasteiger partial charge < -0.3 is 10.6 Å². The second-order valence-corrected chi connectivity index (χ2v) is 3.81. The number of hydrogen-bond donors (Lipinski definition) is 1. The second kappa shape index (κ2) is 3.90. The van der Waals surface area contributed by atoms with Crippen LogP contribution < -0.4 is 5.73 Å². The lowest BCUT2D eigenvalue weighted by molar-refractivity contribution is -0.123. The Balaban J connectivity index is 2.34. The van der Waals surface area contributed by atoms with Crippen LogP contribution in [0.3, 0.4) is 0 Å². The minimum atomic E-state index is -0.126. The van der Waals surface area contributed by atoms with E-state index < -0.39 is 0 Å². The van der Waals surface area contributed by atoms with E-state index in [0.717, 1.165) is 25.9 Å². The predicted octanol–water partition coefficient (Wildman–Crippen LogP) is 0.592. The third kappa shape index (κ3) is 2.21. The molecule has 0 bridgehead atoms. The van der Waals surface area contributed by atoms with E-state index >= 15 is 0 Å². The van der Waals surface area contributed by atoms with Gasteiger partial charge in [0.1, 0.15) is 0 Å². The van der Waals surface area contributed by atoms with Crippen LogP contribution in [0.15, 0.2) is 0 Å². The van der Waals surface area contributed by atoms with Crippen molar-refractivity contribution in [3.63, 3.8) is 0 Å². The number of piperidine rings is 1. The molecule has 0 aromatic rings. The van der Waals surface area contributed by atoms with Gasteiger partial charge in [-0.25, -0.2) is 0 Å². The molecular formula is C9H18N2O. The summed E-state index contributed by atoms with van der Waals surface area (Å²) in [7, 11) is 0. The summed E-state index contributed by atoms with van der Waals surface area (Å²) >= 11 is 0. The molecule has 0 saturated carbocycles. The fourth-order valence-corrected chi connectivity index (χ4v) is 1.70. The van der Waals surface area contributed by atoms with Gasteiger partial charge in [-0.3, -0.25) is 4.79 Å². The first-order valence-corrected chi connectivity index (χ1v) is 4.64. The minimum absolute atomic E-state index is 0.125. The van der Waals surface area contributed by atoms with Crippen LogP contribution in [0.4, 0.5) is 0 Å². The highest BCUT2D eigenvalue weighted by molar-refractivity contribution is 5.76. The summed E-state index contributed by atoms with van der Waals surface area (Å²) in [6, 6.07) is 0.596. The Morgan fingerprint density at radius 3 is 2.25 bits per heavy atom. The molecule has 1 aliphatic heterocycles. The van der Waals surface area contributed by atoms with E-state index in [1.165, 1.54) is 0 Å². The van der Waals surface area contributed by atoms with Gasteiger partial charge in [0, 0.05) is 12.0 Å². The van der Waals surface area contributed by atoms with Gasteiger partial charge in [0.05, 0.1) is 0 Å². The Bertz CT molecular complexity index is 160. The van der Waals surface area contributed by atoms with Crippen molar-refractivity contribution >= 4 is 5.91 Å². The van der Waals surface area contributed by atoms with E-state index in [1.54, 1.807) is 0 Å². The van der Waals surface area contributed by atoms with E-state index in [0.29, 0.717) is 6.04 Å². The van der Waals surface area contributed by atoms with Crippen molar-refractivity contribution in [2.24, 2.45) is 11.7 Å². The average molecular weight is 170 g/mol. The number of carbonyl (C=O) groups excluding carboxylic acids is 1. The molecule has 1 aliphatic rings. The lowest BCUT2D eigenvalue weighted by Gasteiger charge is -2.33. The van der Waals surface area contributed by atoms with Crippen molar-refractivity contribution in [2.75, 3.05) is 13.1 Å². The Labute approximate surface area is 73.9 Å². The molecule has 3 nitrogen and oxygen atoms in total. The predicted molar refractivity (Wildman–Crippen MR) is 48.6 cm³/mol. The molecule has 12 heavy (non-hydrogen) atoms. The first kappa shape index (κ1) is 9.52. The second-order valence-electron chi connectivity index (χ2n) is 3.81. The Morgan fingerprint density at radius 2 is 1.92 bits per heavy atom. The molecule has 1 saturated heterocycles. The monoisotopic (exact) mass is 170 g/mol. The number of nitrogens with two attached hydrogens (primary N) is 1. The maximum atomic E-state index is 10.8. The van der Waals surface area contributed by atoms with Crippen molar-refractivity contribution in [2.45, 2.75) is 32.7 Å². The topological polar surface area (TPSA) is 46.3 Å². The fraction of sp³-hybridized carbons (Fsp3) is 0.889. The third-order valence-electron chi connectivity index (χ3n) is 2.66. The number of carbonyl (C=O) groups is 1. The summed E-state index contributed by atoms with van der Waals surface area (Å²) in [5.41, 5.74) is 5.23. The van der Waals surface area contributed by atoms with Crippen molar-refractivity contribution < 1.29 is 4.79 Å². The number of primary amides is 1. The van der Waals surface area contributed by atoms with Gasteiger partial charge in [-0.05, 0) is 39.8 Å². The highest BCUT2D eigenvalue weighted by atomic mass is 16.1. The summed E-state index contributed by atoms with van der Waals surface area (Å²) in [5, 5.41) is 0. The molecule has 0 aromatic heterocycles. The van der Waals surface area contributed by atoms with Crippen LogP contribution in [0, 0.1) is 5.92 Å². The SMILES string of the molecule is CC(C)N1CCC(C(N)=O)CC1. The molecule has 0 unspecified atom stereocenters. The zero-order valence-corrected chi connectivity index (χ0v) is 7.92. The molecule has 1 amide bonds. The van der Waals surface area contributed by atoms with E-state index in [-0.39, 0.29) is 11.8 Å². The minimum Gasteiger partial charge on any atom is -0.369 e. The van der Waals surface area contributed by atoms with E-state index in [9.17, 15) is 4.79 Å². The van der Waals surface area contributed by atoms with E-state index in [2.05, 4.69) is 18.7 Å². The molecule has 1 rings (SSSR count). The number of likely N-dealkylation sites (tertiary alicyclic amines) is 1. The summed E-state index contributed by atoms with van der Waals surface area (Å²) in [5.74, 6) is -0.00148. The van der Waals surface area contributed by atoms with Gasteiger partial charge in [0.15, 0.2) is 0 Å². The van der Waals surface area contributed by atoms with Crippen molar-refractivity contribution in [3.8, 4) is 0 Å². The molecule has 0 atom stereocenters. The largest absolute Gasteiger partial charge is 0.369 e. The van der Waals surface area contributed by atoms with Crippen LogP contribution in [0.5, 0.6) is 0 Å². The maximum Gasteiger partial charge on any atom is 0.220 e. The Hall–Kier alpha value is -0.570. The van der Waals surface area contributed by atoms with Crippen LogP contribution in [-0.2, 0) is 4.79 Å². The van der Waals surface area contributed by atoms with Gasteiger partial charge in [0.25, 0.3) is 0 Å². The van der Waals surface area contributed by atoms with E-state index in [4.69, 9.17) is 5.73 Å². The summed E-state index contributed by atoms with van der Waals surface area (Å²) in [6.45, 7) is 6.41. The van der Waals surface area contributed by atoms with Crippen LogP contribution in [0.1, 0.15) is 26.7 Å². The zero-order chi connectivity index (χ0) is 9.14. The summed E-state index contributed by atoms with van der Waals surface area (Å²) < 4.78 is 0. The van der Waals surface area contributed by atoms with Crippen molar-refractivity contribution in [1.29, 1.82) is 0 Å². The molecule has 0 radical (unpaired) electrons. The molecular weight excluding hydrogens is 152 g/mol. The Kier molecular flexibility index (Phi) is 3.09. The van der Waals surface area contributed by atoms with Crippen LogP contribution in [0.25, 0.3) is 0 Å². The standard InChI is InChI=1S/C9H18N2O/c1-7(2)11-5-3-8(4-6-11)9(10)12/h7-8H,3-6H2,1-2H3,(H2,10,12). The molecule has 70 valence electrons. The normalized spacial score (nSPS) is 21.6. The quantitative estimate of drug-likeness (QED) is 0.659. The van der Waals surface area contributed by atoms with Gasteiger partial charge in [-0.15, -0.1) is 0 Å². The maximum absolute atomic E-state index is 10.8. The fourth-order valence-electron chi connectivity index (χ4n) is 1.70. The van der Waals surface area contributed by atoms with Crippen LogP contribution in [0.2, 0.25) is 0 Å². The van der Waals surface area contributed by atoms with Crippen LogP contribution in [-0.4, -0.2) is 29.9 Å². The number of nitrogens with zero attached hydrogens (tertiary/aromatic N) is 1. The smallest absolute Gasteiger partial charge is 0.220 e. The summed E-state index contributed by atoms with van der Waals surface area (Å²) in [6.07, 6.45) is 1.88. The highest BCUT2D eigenvalue weighted by Crippen LogP contribution is 2.17. The molecule has 2 N–H and O–H groups in total. The lowest BCUT2D eigenvalue weighted by Crippen LogP contribution is -2.41. The zero-order valence-electron chi connectivity index (χ0n) is 7.92. The molecule has 1 heterocycles. The lowest BCUT2D eigenvalue weighted by atomic mass is 9.95. The van der Waals surface area contributed by atoms with Crippen LogP contribution >= 0.6 is 0 Å². The number of amides is 1. The molecule has 1 fully saturated rings. The van der Waals surface area contributed by atoms with Gasteiger partial charge in [-0.1, -0.05) is 0 Å². The Morgan fingerprint density at radius 1 is 1.42 bits per heavy atom. The number of rotatable bonds is 2. The van der Waals surface area contributed by atoms with Crippen molar-refractivity contribution in [3.05, 3.63) is 0 Å². The highest BCUT2D eigenvalue weighted by Gasteiger charge is 2.23. The van der Waals surface area contributed by atoms with E-state index in [1.807, 2.05) is 0 Å². The third-order valence-corrected chi connectivity index (χ3v) is 2.66. The number of hydrogen-bond acceptors (Lipinski definition) is 2. The first-order valence-electron chi connectivity index (χ1n) is 4.64. The molecule has 3 heteroatoms.